The molecule has 0 aliphatic heterocycles. The summed E-state index contributed by atoms with van der Waals surface area (Å²) in [6.45, 7) is 4.58. The van der Waals surface area contributed by atoms with Crippen molar-refractivity contribution in [2.45, 2.75) is 32.8 Å². The molecule has 108 valence electrons. The van der Waals surface area contributed by atoms with E-state index >= 15 is 0 Å². The van der Waals surface area contributed by atoms with Crippen molar-refractivity contribution in [3.05, 3.63) is 29.8 Å². The van der Waals surface area contributed by atoms with Gasteiger partial charge in [-0.05, 0) is 17.7 Å². The maximum absolute atomic E-state index is 14.9. The molecule has 0 spiro atoms. The van der Waals surface area contributed by atoms with Gasteiger partial charge in [0.25, 0.3) is 0 Å². The van der Waals surface area contributed by atoms with Gasteiger partial charge in [0, 0.05) is 12.0 Å². The first-order valence-electron chi connectivity index (χ1n) is 5.75. The Balaban J connectivity index is 3.18. The summed E-state index contributed by atoms with van der Waals surface area (Å²) >= 11 is 0. The molecule has 0 amide bonds. The second kappa shape index (κ2) is 5.00. The number of ether oxygens (including phenoxy) is 1. The lowest BCUT2D eigenvalue weighted by Gasteiger charge is -2.37. The molecule has 1 rings (SSSR count). The van der Waals surface area contributed by atoms with Crippen LogP contribution in [0.4, 0.5) is 17.6 Å². The Morgan fingerprint density at radius 1 is 1.11 bits per heavy atom. The number of rotatable bonds is 3. The van der Waals surface area contributed by atoms with Crippen LogP contribution in [0.3, 0.4) is 0 Å². The van der Waals surface area contributed by atoms with Crippen LogP contribution in [0.2, 0.25) is 0 Å². The molecule has 1 aromatic carbocycles. The van der Waals surface area contributed by atoms with Gasteiger partial charge in [-0.3, -0.25) is 0 Å². The Hall–Kier alpha value is -1.30. The van der Waals surface area contributed by atoms with E-state index in [0.29, 0.717) is 0 Å². The first-order valence-corrected chi connectivity index (χ1v) is 5.75. The summed E-state index contributed by atoms with van der Waals surface area (Å²) in [5, 5.41) is 0. The first kappa shape index (κ1) is 15.8. The van der Waals surface area contributed by atoms with Gasteiger partial charge >= 0.3 is 6.36 Å². The van der Waals surface area contributed by atoms with E-state index in [0.717, 1.165) is 12.1 Å². The minimum absolute atomic E-state index is 0.0734. The van der Waals surface area contributed by atoms with Gasteiger partial charge < -0.3 is 10.5 Å². The third-order valence-corrected chi connectivity index (χ3v) is 3.00. The lowest BCUT2D eigenvalue weighted by Crippen LogP contribution is -2.42. The minimum atomic E-state index is -4.80. The summed E-state index contributed by atoms with van der Waals surface area (Å²) in [7, 11) is 0. The quantitative estimate of drug-likeness (QED) is 0.855. The monoisotopic (exact) mass is 279 g/mol. The number of nitrogens with two attached hydrogens (primary N) is 1. The fraction of sp³-hybridized carbons (Fsp3) is 0.538. The Morgan fingerprint density at radius 2 is 1.68 bits per heavy atom. The second-order valence-corrected chi connectivity index (χ2v) is 5.33. The van der Waals surface area contributed by atoms with Gasteiger partial charge in [0.1, 0.15) is 5.75 Å². The minimum Gasteiger partial charge on any atom is -0.406 e. The van der Waals surface area contributed by atoms with Gasteiger partial charge in [-0.25, -0.2) is 4.39 Å². The third-order valence-electron chi connectivity index (χ3n) is 3.00. The maximum atomic E-state index is 14.9. The standard InChI is InChI=1S/C13H17F4NO/c1-11(2,3)12(14,8-18)9-5-4-6-10(7-9)19-13(15,16)17/h4-7H,8,18H2,1-3H3. The Bertz CT molecular complexity index is 439. The fourth-order valence-electron chi connectivity index (χ4n) is 1.80. The molecule has 0 saturated heterocycles. The van der Waals surface area contributed by atoms with Crippen molar-refractivity contribution in [2.75, 3.05) is 6.54 Å². The lowest BCUT2D eigenvalue weighted by molar-refractivity contribution is -0.274. The summed E-state index contributed by atoms with van der Waals surface area (Å²) in [6, 6.07) is 4.87. The predicted molar refractivity (Wildman–Crippen MR) is 64.4 cm³/mol. The van der Waals surface area contributed by atoms with Crippen LogP contribution in [0.25, 0.3) is 0 Å². The fourth-order valence-corrected chi connectivity index (χ4v) is 1.80. The largest absolute Gasteiger partial charge is 0.573 e. The Kier molecular flexibility index (Phi) is 4.14. The Labute approximate surface area is 109 Å². The third kappa shape index (κ3) is 3.59. The van der Waals surface area contributed by atoms with E-state index in [9.17, 15) is 17.6 Å². The molecule has 0 saturated carbocycles. The average molecular weight is 279 g/mol. The zero-order valence-corrected chi connectivity index (χ0v) is 11.0. The van der Waals surface area contributed by atoms with Crippen LogP contribution in [0, 0.1) is 5.41 Å². The maximum Gasteiger partial charge on any atom is 0.573 e. The topological polar surface area (TPSA) is 35.2 Å². The van der Waals surface area contributed by atoms with E-state index in [2.05, 4.69) is 4.74 Å². The van der Waals surface area contributed by atoms with Crippen LogP contribution in [-0.4, -0.2) is 12.9 Å². The van der Waals surface area contributed by atoms with Crippen LogP contribution >= 0.6 is 0 Å². The van der Waals surface area contributed by atoms with E-state index in [1.165, 1.54) is 12.1 Å². The summed E-state index contributed by atoms with van der Waals surface area (Å²) in [4.78, 5) is 0. The molecule has 1 aromatic rings. The highest BCUT2D eigenvalue weighted by Gasteiger charge is 2.43. The van der Waals surface area contributed by atoms with Gasteiger partial charge in [0.2, 0.25) is 0 Å². The number of alkyl halides is 4. The van der Waals surface area contributed by atoms with Gasteiger partial charge in [-0.1, -0.05) is 32.9 Å². The van der Waals surface area contributed by atoms with Crippen molar-refractivity contribution in [3.63, 3.8) is 0 Å². The van der Waals surface area contributed by atoms with Crippen molar-refractivity contribution in [1.29, 1.82) is 0 Å². The van der Waals surface area contributed by atoms with Gasteiger partial charge in [0.05, 0.1) is 0 Å². The van der Waals surface area contributed by atoms with Crippen LogP contribution in [0.15, 0.2) is 24.3 Å². The molecule has 19 heavy (non-hydrogen) atoms. The van der Waals surface area contributed by atoms with Crippen molar-refractivity contribution in [2.24, 2.45) is 11.1 Å². The van der Waals surface area contributed by atoms with Crippen molar-refractivity contribution in [1.82, 2.24) is 0 Å². The van der Waals surface area contributed by atoms with E-state index in [-0.39, 0.29) is 12.1 Å². The molecule has 0 heterocycles. The molecule has 2 N–H and O–H groups in total. The average Bonchev–Trinajstić information content (AvgIpc) is 2.24. The van der Waals surface area contributed by atoms with Gasteiger partial charge in [-0.2, -0.15) is 0 Å². The summed E-state index contributed by atoms with van der Waals surface area (Å²) in [5.41, 5.74) is 2.76. The molecule has 0 aromatic heterocycles. The molecule has 0 bridgehead atoms. The highest BCUT2D eigenvalue weighted by Crippen LogP contribution is 2.43. The normalized spacial score (nSPS) is 16.0. The SMILES string of the molecule is CC(C)(C)C(F)(CN)c1cccc(OC(F)(F)F)c1. The summed E-state index contributed by atoms with van der Waals surface area (Å²) < 4.78 is 55.1. The molecular formula is C13H17F4NO. The molecule has 0 fully saturated rings. The number of benzene rings is 1. The smallest absolute Gasteiger partial charge is 0.406 e. The number of hydrogen-bond donors (Lipinski definition) is 1. The van der Waals surface area contributed by atoms with E-state index in [1.54, 1.807) is 20.8 Å². The lowest BCUT2D eigenvalue weighted by atomic mass is 9.73. The molecule has 1 unspecified atom stereocenters. The van der Waals surface area contributed by atoms with E-state index < -0.39 is 23.2 Å². The zero-order valence-electron chi connectivity index (χ0n) is 11.0. The zero-order chi connectivity index (χ0) is 14.9. The van der Waals surface area contributed by atoms with Crippen LogP contribution in [-0.2, 0) is 5.67 Å². The second-order valence-electron chi connectivity index (χ2n) is 5.33. The molecular weight excluding hydrogens is 262 g/mol. The van der Waals surface area contributed by atoms with Crippen molar-refractivity contribution < 1.29 is 22.3 Å². The van der Waals surface area contributed by atoms with Crippen LogP contribution in [0.1, 0.15) is 26.3 Å². The van der Waals surface area contributed by atoms with Gasteiger partial charge in [0.15, 0.2) is 5.67 Å². The molecule has 0 aliphatic rings. The first-order chi connectivity index (χ1) is 8.49. The van der Waals surface area contributed by atoms with Crippen LogP contribution in [0.5, 0.6) is 5.75 Å². The highest BCUT2D eigenvalue weighted by atomic mass is 19.4. The highest BCUT2D eigenvalue weighted by molar-refractivity contribution is 5.34. The molecule has 1 atom stereocenters. The summed E-state index contributed by atoms with van der Waals surface area (Å²) in [5.74, 6) is -0.454. The van der Waals surface area contributed by atoms with Crippen molar-refractivity contribution >= 4 is 0 Å². The number of hydrogen-bond acceptors (Lipinski definition) is 2. The predicted octanol–water partition coefficient (Wildman–Crippen LogP) is 3.75. The molecule has 2 nitrogen and oxygen atoms in total. The number of halogens is 4. The van der Waals surface area contributed by atoms with Gasteiger partial charge in [-0.15, -0.1) is 13.2 Å². The molecule has 6 heteroatoms. The van der Waals surface area contributed by atoms with Crippen molar-refractivity contribution in [3.8, 4) is 5.75 Å². The Morgan fingerprint density at radius 3 is 2.11 bits per heavy atom. The molecule has 0 aliphatic carbocycles. The van der Waals surface area contributed by atoms with E-state index in [4.69, 9.17) is 5.73 Å². The molecule has 0 radical (unpaired) electrons. The summed E-state index contributed by atoms with van der Waals surface area (Å²) in [6.07, 6.45) is -4.80. The van der Waals surface area contributed by atoms with E-state index in [1.807, 2.05) is 0 Å². The van der Waals surface area contributed by atoms with Crippen LogP contribution < -0.4 is 10.5 Å².